The molecule has 3 nitrogen and oxygen atoms in total. The normalized spacial score (nSPS) is 18.1. The lowest BCUT2D eigenvalue weighted by atomic mass is 9.89. The maximum Gasteiger partial charge on any atom is 0.129 e. The van der Waals surface area contributed by atoms with Crippen molar-refractivity contribution in [3.63, 3.8) is 0 Å². The average molecular weight is 302 g/mol. The molecule has 2 N–H and O–H groups in total. The van der Waals surface area contributed by atoms with E-state index in [-0.39, 0.29) is 18.5 Å². The summed E-state index contributed by atoms with van der Waals surface area (Å²) in [7, 11) is 0. The Balaban J connectivity index is 1.93. The molecule has 112 valence electrons. The Kier molecular flexibility index (Phi) is 6.23. The molecule has 1 aliphatic rings. The molecule has 1 atom stereocenters. The van der Waals surface area contributed by atoms with Crippen molar-refractivity contribution in [2.24, 2.45) is 5.92 Å². The molecule has 1 aromatic rings. The molecule has 0 bridgehead atoms. The van der Waals surface area contributed by atoms with Crippen LogP contribution in [0.3, 0.4) is 0 Å². The molecule has 0 aromatic heterocycles. The molecule has 1 saturated heterocycles. The van der Waals surface area contributed by atoms with Gasteiger partial charge in [-0.15, -0.1) is 0 Å². The molecule has 1 fully saturated rings. The first kappa shape index (κ1) is 15.7. The minimum atomic E-state index is -0.292. The smallest absolute Gasteiger partial charge is 0.129 e. The van der Waals surface area contributed by atoms with E-state index in [1.54, 1.807) is 12.1 Å². The Morgan fingerprint density at radius 2 is 2.15 bits per heavy atom. The van der Waals surface area contributed by atoms with Gasteiger partial charge >= 0.3 is 0 Å². The van der Waals surface area contributed by atoms with E-state index in [0.29, 0.717) is 29.5 Å². The second-order valence-corrected chi connectivity index (χ2v) is 5.62. The van der Waals surface area contributed by atoms with Gasteiger partial charge in [0.2, 0.25) is 0 Å². The SMILES string of the molecule is OCC[C@@H](NCc1ccc(Cl)cc1F)C1CCOCC1. The molecule has 0 spiro atoms. The lowest BCUT2D eigenvalue weighted by Crippen LogP contribution is -2.39. The number of benzene rings is 1. The van der Waals surface area contributed by atoms with Crippen molar-refractivity contribution in [3.05, 3.63) is 34.6 Å². The van der Waals surface area contributed by atoms with Gasteiger partial charge in [-0.25, -0.2) is 4.39 Å². The third-order valence-electron chi connectivity index (χ3n) is 3.84. The molecule has 0 saturated carbocycles. The van der Waals surface area contributed by atoms with E-state index in [2.05, 4.69) is 5.32 Å². The van der Waals surface area contributed by atoms with Crippen LogP contribution in [-0.4, -0.2) is 31.0 Å². The fourth-order valence-corrected chi connectivity index (χ4v) is 2.83. The van der Waals surface area contributed by atoms with Crippen molar-refractivity contribution in [1.29, 1.82) is 0 Å². The second kappa shape index (κ2) is 7.93. The fraction of sp³-hybridized carbons (Fsp3) is 0.600. The first-order valence-electron chi connectivity index (χ1n) is 7.06. The van der Waals surface area contributed by atoms with E-state index in [4.69, 9.17) is 16.3 Å². The third kappa shape index (κ3) is 4.42. The van der Waals surface area contributed by atoms with Gasteiger partial charge in [0, 0.05) is 43.0 Å². The highest BCUT2D eigenvalue weighted by molar-refractivity contribution is 6.30. The summed E-state index contributed by atoms with van der Waals surface area (Å²) in [4.78, 5) is 0. The minimum Gasteiger partial charge on any atom is -0.396 e. The van der Waals surface area contributed by atoms with Crippen LogP contribution in [0.1, 0.15) is 24.8 Å². The summed E-state index contributed by atoms with van der Waals surface area (Å²) in [5.41, 5.74) is 0.601. The minimum absolute atomic E-state index is 0.137. The summed E-state index contributed by atoms with van der Waals surface area (Å²) >= 11 is 5.74. The van der Waals surface area contributed by atoms with E-state index in [0.717, 1.165) is 26.1 Å². The number of aliphatic hydroxyl groups excluding tert-OH is 1. The quantitative estimate of drug-likeness (QED) is 0.849. The van der Waals surface area contributed by atoms with Gasteiger partial charge in [-0.3, -0.25) is 0 Å². The largest absolute Gasteiger partial charge is 0.396 e. The summed E-state index contributed by atoms with van der Waals surface area (Å²) in [5, 5.41) is 13.0. The van der Waals surface area contributed by atoms with Gasteiger partial charge in [0.25, 0.3) is 0 Å². The van der Waals surface area contributed by atoms with Gasteiger partial charge in [0.15, 0.2) is 0 Å². The zero-order valence-electron chi connectivity index (χ0n) is 11.4. The molecule has 0 amide bonds. The molecular weight excluding hydrogens is 281 g/mol. The Labute approximate surface area is 124 Å². The highest BCUT2D eigenvalue weighted by Crippen LogP contribution is 2.22. The summed E-state index contributed by atoms with van der Waals surface area (Å²) in [6.07, 6.45) is 2.65. The van der Waals surface area contributed by atoms with E-state index < -0.39 is 0 Å². The zero-order valence-corrected chi connectivity index (χ0v) is 12.2. The van der Waals surface area contributed by atoms with Crippen LogP contribution in [0, 0.1) is 11.7 Å². The highest BCUT2D eigenvalue weighted by Gasteiger charge is 2.23. The maximum absolute atomic E-state index is 13.7. The third-order valence-corrected chi connectivity index (χ3v) is 4.08. The molecule has 5 heteroatoms. The number of nitrogens with one attached hydrogen (secondary N) is 1. The summed E-state index contributed by atoms with van der Waals surface area (Å²) in [5.74, 6) is 0.186. The van der Waals surface area contributed by atoms with Crippen LogP contribution < -0.4 is 5.32 Å². The van der Waals surface area contributed by atoms with Gasteiger partial charge < -0.3 is 15.2 Å². The van der Waals surface area contributed by atoms with Crippen LogP contribution in [0.2, 0.25) is 5.02 Å². The van der Waals surface area contributed by atoms with Crippen LogP contribution >= 0.6 is 11.6 Å². The van der Waals surface area contributed by atoms with Gasteiger partial charge in [-0.1, -0.05) is 17.7 Å². The number of rotatable bonds is 6. The highest BCUT2D eigenvalue weighted by atomic mass is 35.5. The van der Waals surface area contributed by atoms with E-state index in [9.17, 15) is 9.50 Å². The predicted molar refractivity (Wildman–Crippen MR) is 77.3 cm³/mol. The van der Waals surface area contributed by atoms with Crippen LogP contribution in [0.15, 0.2) is 18.2 Å². The molecule has 0 unspecified atom stereocenters. The molecule has 0 aliphatic carbocycles. The van der Waals surface area contributed by atoms with Gasteiger partial charge in [-0.2, -0.15) is 0 Å². The van der Waals surface area contributed by atoms with Gasteiger partial charge in [0.05, 0.1) is 0 Å². The van der Waals surface area contributed by atoms with Crippen molar-refractivity contribution in [3.8, 4) is 0 Å². The van der Waals surface area contributed by atoms with Gasteiger partial charge in [0.1, 0.15) is 5.82 Å². The Morgan fingerprint density at radius 1 is 1.40 bits per heavy atom. The van der Waals surface area contributed by atoms with E-state index in [1.165, 1.54) is 6.07 Å². The lowest BCUT2D eigenvalue weighted by molar-refractivity contribution is 0.0495. The topological polar surface area (TPSA) is 41.5 Å². The number of ether oxygens (including phenoxy) is 1. The van der Waals surface area contributed by atoms with Crippen molar-refractivity contribution in [1.82, 2.24) is 5.32 Å². The first-order chi connectivity index (χ1) is 9.70. The molecule has 1 heterocycles. The summed E-state index contributed by atoms with van der Waals surface area (Å²) in [6.45, 7) is 2.12. The van der Waals surface area contributed by atoms with E-state index in [1.807, 2.05) is 0 Å². The van der Waals surface area contributed by atoms with Crippen LogP contribution in [0.4, 0.5) is 4.39 Å². The standard InChI is InChI=1S/C15H21ClFNO2/c16-13-2-1-12(14(17)9-13)10-18-15(3-6-19)11-4-7-20-8-5-11/h1-2,9,11,15,18-19H,3-8,10H2/t15-/m1/s1. The van der Waals surface area contributed by atoms with Gasteiger partial charge in [-0.05, 0) is 37.3 Å². The van der Waals surface area contributed by atoms with Crippen LogP contribution in [0.5, 0.6) is 0 Å². The van der Waals surface area contributed by atoms with Crippen molar-refractivity contribution >= 4 is 11.6 Å². The molecule has 20 heavy (non-hydrogen) atoms. The number of hydrogen-bond donors (Lipinski definition) is 2. The molecule has 0 radical (unpaired) electrons. The predicted octanol–water partition coefficient (Wildman–Crippen LogP) is 2.75. The van der Waals surface area contributed by atoms with E-state index >= 15 is 0 Å². The van der Waals surface area contributed by atoms with Crippen LogP contribution in [0.25, 0.3) is 0 Å². The lowest BCUT2D eigenvalue weighted by Gasteiger charge is -2.31. The average Bonchev–Trinajstić information content (AvgIpc) is 2.46. The maximum atomic E-state index is 13.7. The Morgan fingerprint density at radius 3 is 2.80 bits per heavy atom. The van der Waals surface area contributed by atoms with Crippen LogP contribution in [-0.2, 0) is 11.3 Å². The summed E-state index contributed by atoms with van der Waals surface area (Å²) in [6, 6.07) is 4.91. The molecular formula is C15H21ClFNO2. The number of hydrogen-bond acceptors (Lipinski definition) is 3. The monoisotopic (exact) mass is 301 g/mol. The Bertz CT molecular complexity index is 424. The summed E-state index contributed by atoms with van der Waals surface area (Å²) < 4.78 is 19.1. The number of aliphatic hydroxyl groups is 1. The van der Waals surface area contributed by atoms with Crippen molar-refractivity contribution < 1.29 is 14.2 Å². The Hall–Kier alpha value is -0.680. The molecule has 2 rings (SSSR count). The zero-order chi connectivity index (χ0) is 14.4. The molecule has 1 aromatic carbocycles. The molecule has 1 aliphatic heterocycles. The van der Waals surface area contributed by atoms with Crippen molar-refractivity contribution in [2.45, 2.75) is 31.8 Å². The first-order valence-corrected chi connectivity index (χ1v) is 7.44. The second-order valence-electron chi connectivity index (χ2n) is 5.19. The fourth-order valence-electron chi connectivity index (χ4n) is 2.67. The number of halogens is 2. The van der Waals surface area contributed by atoms with Crippen molar-refractivity contribution in [2.75, 3.05) is 19.8 Å².